The molecule has 0 aliphatic heterocycles. The van der Waals surface area contributed by atoms with Gasteiger partial charge in [0.1, 0.15) is 17.3 Å². The first-order valence-corrected chi connectivity index (χ1v) is 7.75. The topological polar surface area (TPSA) is 78.3 Å². The van der Waals surface area contributed by atoms with Gasteiger partial charge in [-0.3, -0.25) is 4.79 Å². The van der Waals surface area contributed by atoms with Gasteiger partial charge in [-0.15, -0.1) is 5.10 Å². The highest BCUT2D eigenvalue weighted by Gasteiger charge is 2.19. The van der Waals surface area contributed by atoms with Crippen molar-refractivity contribution in [1.29, 1.82) is 0 Å². The number of aromatic nitrogens is 3. The largest absolute Gasteiger partial charge is 0.497 e. The molecule has 1 heterocycles. The van der Waals surface area contributed by atoms with Crippen molar-refractivity contribution in [3.8, 4) is 17.2 Å². The van der Waals surface area contributed by atoms with E-state index in [2.05, 4.69) is 15.6 Å². The number of nitrogens with zero attached hydrogens (tertiary/aromatic N) is 3. The Hall–Kier alpha value is -3.42. The lowest BCUT2D eigenvalue weighted by Crippen LogP contribution is -2.15. The molecule has 2 aromatic carbocycles. The van der Waals surface area contributed by atoms with Gasteiger partial charge in [-0.25, -0.2) is 9.07 Å². The Morgan fingerprint density at radius 2 is 1.85 bits per heavy atom. The van der Waals surface area contributed by atoms with Crippen LogP contribution in [0, 0.1) is 12.7 Å². The molecule has 3 aromatic rings. The number of benzene rings is 2. The Kier molecular flexibility index (Phi) is 4.83. The lowest BCUT2D eigenvalue weighted by atomic mass is 10.2. The second-order valence-electron chi connectivity index (χ2n) is 5.43. The highest BCUT2D eigenvalue weighted by molar-refractivity contribution is 6.04. The second kappa shape index (κ2) is 7.22. The van der Waals surface area contributed by atoms with Crippen molar-refractivity contribution in [3.05, 3.63) is 59.7 Å². The van der Waals surface area contributed by atoms with Gasteiger partial charge in [-0.2, -0.15) is 0 Å². The molecular weight excluding hydrogens is 339 g/mol. The highest BCUT2D eigenvalue weighted by Crippen LogP contribution is 2.29. The number of hydrogen-bond donors (Lipinski definition) is 1. The average molecular weight is 356 g/mol. The van der Waals surface area contributed by atoms with Gasteiger partial charge in [0, 0.05) is 6.07 Å². The fraction of sp³-hybridized carbons (Fsp3) is 0.167. The van der Waals surface area contributed by atoms with Gasteiger partial charge in [-0.05, 0) is 43.3 Å². The molecule has 0 spiro atoms. The lowest BCUT2D eigenvalue weighted by molar-refractivity contribution is 0.102. The van der Waals surface area contributed by atoms with Crippen molar-refractivity contribution in [1.82, 2.24) is 15.0 Å². The van der Waals surface area contributed by atoms with Crippen LogP contribution in [0.1, 0.15) is 16.2 Å². The van der Waals surface area contributed by atoms with E-state index in [0.29, 0.717) is 28.6 Å². The molecule has 1 N–H and O–H groups in total. The predicted molar refractivity (Wildman–Crippen MR) is 93.6 cm³/mol. The molecule has 0 unspecified atom stereocenters. The van der Waals surface area contributed by atoms with Crippen LogP contribution in [0.3, 0.4) is 0 Å². The van der Waals surface area contributed by atoms with Gasteiger partial charge in [0.25, 0.3) is 5.91 Å². The van der Waals surface area contributed by atoms with Crippen LogP contribution in [0.15, 0.2) is 42.5 Å². The summed E-state index contributed by atoms with van der Waals surface area (Å²) in [4.78, 5) is 12.6. The van der Waals surface area contributed by atoms with Crippen LogP contribution in [-0.4, -0.2) is 35.1 Å². The van der Waals surface area contributed by atoms with E-state index < -0.39 is 5.91 Å². The zero-order valence-electron chi connectivity index (χ0n) is 14.5. The fourth-order valence-electron chi connectivity index (χ4n) is 2.45. The van der Waals surface area contributed by atoms with Gasteiger partial charge >= 0.3 is 0 Å². The molecule has 0 radical (unpaired) electrons. The summed E-state index contributed by atoms with van der Waals surface area (Å²) in [5.41, 5.74) is 1.78. The molecule has 0 fully saturated rings. The third-order valence-electron chi connectivity index (χ3n) is 3.84. The highest BCUT2D eigenvalue weighted by atomic mass is 19.1. The Bertz CT molecular complexity index is 938. The van der Waals surface area contributed by atoms with Crippen molar-refractivity contribution in [2.75, 3.05) is 19.5 Å². The van der Waals surface area contributed by atoms with Crippen LogP contribution in [0.4, 0.5) is 10.1 Å². The number of carbonyl (C=O) groups excluding carboxylic acids is 1. The van der Waals surface area contributed by atoms with Gasteiger partial charge in [-0.1, -0.05) is 5.21 Å². The third-order valence-corrected chi connectivity index (χ3v) is 3.84. The number of rotatable bonds is 5. The molecule has 1 aromatic heterocycles. The minimum atomic E-state index is -0.431. The van der Waals surface area contributed by atoms with E-state index in [4.69, 9.17) is 9.47 Å². The number of nitrogens with one attached hydrogen (secondary N) is 1. The molecule has 8 heteroatoms. The van der Waals surface area contributed by atoms with Gasteiger partial charge in [0.05, 0.1) is 31.3 Å². The maximum absolute atomic E-state index is 13.1. The number of hydrogen-bond acceptors (Lipinski definition) is 5. The Morgan fingerprint density at radius 3 is 2.50 bits per heavy atom. The van der Waals surface area contributed by atoms with Gasteiger partial charge in [0.15, 0.2) is 5.69 Å². The first-order chi connectivity index (χ1) is 12.5. The lowest BCUT2D eigenvalue weighted by Gasteiger charge is -2.11. The van der Waals surface area contributed by atoms with Gasteiger partial charge in [0.2, 0.25) is 0 Å². The maximum atomic E-state index is 13.1. The van der Waals surface area contributed by atoms with Crippen LogP contribution >= 0.6 is 0 Å². The quantitative estimate of drug-likeness (QED) is 0.760. The van der Waals surface area contributed by atoms with Crippen LogP contribution in [0.5, 0.6) is 11.5 Å². The van der Waals surface area contributed by atoms with Gasteiger partial charge < -0.3 is 14.8 Å². The smallest absolute Gasteiger partial charge is 0.278 e. The van der Waals surface area contributed by atoms with Crippen molar-refractivity contribution < 1.29 is 18.7 Å². The summed E-state index contributed by atoms with van der Waals surface area (Å²) in [7, 11) is 3.05. The summed E-state index contributed by atoms with van der Waals surface area (Å²) in [6, 6.07) is 10.8. The number of ether oxygens (including phenoxy) is 2. The Balaban J connectivity index is 1.86. The van der Waals surface area contributed by atoms with Crippen LogP contribution in [0.25, 0.3) is 5.69 Å². The van der Waals surface area contributed by atoms with Crippen LogP contribution < -0.4 is 14.8 Å². The van der Waals surface area contributed by atoms with Crippen molar-refractivity contribution in [3.63, 3.8) is 0 Å². The first kappa shape index (κ1) is 17.4. The molecule has 0 atom stereocenters. The third kappa shape index (κ3) is 3.34. The van der Waals surface area contributed by atoms with E-state index in [-0.39, 0.29) is 11.5 Å². The molecule has 0 aliphatic rings. The van der Waals surface area contributed by atoms with E-state index in [1.54, 1.807) is 44.4 Å². The zero-order valence-corrected chi connectivity index (χ0v) is 14.5. The van der Waals surface area contributed by atoms with E-state index in [1.165, 1.54) is 23.9 Å². The van der Waals surface area contributed by atoms with E-state index in [0.717, 1.165) is 0 Å². The number of halogens is 1. The number of methoxy groups -OCH3 is 2. The van der Waals surface area contributed by atoms with Crippen molar-refractivity contribution in [2.24, 2.45) is 0 Å². The molecule has 7 nitrogen and oxygen atoms in total. The number of anilines is 1. The van der Waals surface area contributed by atoms with E-state index >= 15 is 0 Å². The Labute approximate surface area is 149 Å². The van der Waals surface area contributed by atoms with Crippen molar-refractivity contribution in [2.45, 2.75) is 6.92 Å². The van der Waals surface area contributed by atoms with Crippen LogP contribution in [0.2, 0.25) is 0 Å². The first-order valence-electron chi connectivity index (χ1n) is 7.75. The summed E-state index contributed by atoms with van der Waals surface area (Å²) < 4.78 is 25.0. The second-order valence-corrected chi connectivity index (χ2v) is 5.43. The monoisotopic (exact) mass is 356 g/mol. The number of carbonyl (C=O) groups is 1. The summed E-state index contributed by atoms with van der Waals surface area (Å²) in [6.07, 6.45) is 0. The minimum Gasteiger partial charge on any atom is -0.497 e. The van der Waals surface area contributed by atoms with E-state index in [1.807, 2.05) is 0 Å². The molecule has 3 rings (SSSR count). The summed E-state index contributed by atoms with van der Waals surface area (Å²) in [5, 5.41) is 10.7. The normalized spacial score (nSPS) is 10.5. The standard InChI is InChI=1S/C18H17FN4O3/c1-11-17(21-22-23(11)13-6-4-12(19)5-7-13)18(24)20-15-9-8-14(25-2)10-16(15)26-3/h4-10H,1-3H3,(H,20,24). The van der Waals surface area contributed by atoms with Crippen LogP contribution in [-0.2, 0) is 0 Å². The summed E-state index contributed by atoms with van der Waals surface area (Å²) >= 11 is 0. The fourth-order valence-corrected chi connectivity index (χ4v) is 2.45. The minimum absolute atomic E-state index is 0.159. The molecule has 1 amide bonds. The average Bonchev–Trinajstić information content (AvgIpc) is 3.04. The summed E-state index contributed by atoms with van der Waals surface area (Å²) in [5.74, 6) is 0.287. The number of amides is 1. The molecule has 26 heavy (non-hydrogen) atoms. The molecule has 134 valence electrons. The summed E-state index contributed by atoms with van der Waals surface area (Å²) in [6.45, 7) is 1.71. The molecular formula is C18H17FN4O3. The molecule has 0 saturated carbocycles. The van der Waals surface area contributed by atoms with E-state index in [9.17, 15) is 9.18 Å². The predicted octanol–water partition coefficient (Wildman–Crippen LogP) is 2.98. The molecule has 0 aliphatic carbocycles. The zero-order chi connectivity index (χ0) is 18.7. The Morgan fingerprint density at radius 1 is 1.12 bits per heavy atom. The maximum Gasteiger partial charge on any atom is 0.278 e. The SMILES string of the molecule is COc1ccc(NC(=O)c2nnn(-c3ccc(F)cc3)c2C)c(OC)c1. The molecule has 0 bridgehead atoms. The molecule has 0 saturated heterocycles. The van der Waals surface area contributed by atoms with Crippen molar-refractivity contribution >= 4 is 11.6 Å².